The average molecular weight is 417 g/mol. The van der Waals surface area contributed by atoms with E-state index < -0.39 is 16.7 Å². The molecule has 1 spiro atoms. The molecule has 1 atom stereocenters. The summed E-state index contributed by atoms with van der Waals surface area (Å²) in [5, 5.41) is 11.4. The molecule has 152 valence electrons. The van der Waals surface area contributed by atoms with Crippen molar-refractivity contribution in [2.75, 3.05) is 6.61 Å². The van der Waals surface area contributed by atoms with E-state index in [2.05, 4.69) is 0 Å². The molecular weight excluding hydrogens is 396 g/mol. The van der Waals surface area contributed by atoms with Gasteiger partial charge in [-0.05, 0) is 55.5 Å². The predicted octanol–water partition coefficient (Wildman–Crippen LogP) is 5.48. The maximum Gasteiger partial charge on any atom is 0.418 e. The average Bonchev–Trinajstić information content (AvgIpc) is 3.07. The fourth-order valence-corrected chi connectivity index (χ4v) is 4.39. The summed E-state index contributed by atoms with van der Waals surface area (Å²) >= 11 is 6.17. The Bertz CT molecular complexity index is 912. The monoisotopic (exact) mass is 416 g/mol. The van der Waals surface area contributed by atoms with E-state index in [0.29, 0.717) is 11.6 Å². The van der Waals surface area contributed by atoms with E-state index in [1.165, 1.54) is 24.3 Å². The molecule has 1 aliphatic heterocycles. The first-order chi connectivity index (χ1) is 14.0. The number of carbonyl (C=O) groups is 1. The zero-order valence-corrected chi connectivity index (χ0v) is 16.5. The molecule has 8 heteroatoms. The molecule has 29 heavy (non-hydrogen) atoms. The standard InChI is InChI=1S/C21H21ClN2O5/c22-16-6-4-5-15(13-16)19-14-28-21(11-2-1-3-12-21)23(19)20(25)29-18-9-7-17(8-10-18)24(26)27/h4-10,13,19H,1-3,11-12,14H2. The Hall–Kier alpha value is -2.64. The molecule has 1 saturated heterocycles. The lowest BCUT2D eigenvalue weighted by Crippen LogP contribution is -2.51. The first-order valence-corrected chi connectivity index (χ1v) is 10.0. The number of halogens is 1. The van der Waals surface area contributed by atoms with Gasteiger partial charge in [0, 0.05) is 17.2 Å². The van der Waals surface area contributed by atoms with Gasteiger partial charge >= 0.3 is 6.09 Å². The minimum Gasteiger partial charge on any atom is -0.410 e. The van der Waals surface area contributed by atoms with Crippen molar-refractivity contribution >= 4 is 23.4 Å². The maximum atomic E-state index is 13.2. The summed E-state index contributed by atoms with van der Waals surface area (Å²) in [6, 6.07) is 12.6. The molecule has 0 N–H and O–H groups in total. The smallest absolute Gasteiger partial charge is 0.410 e. The van der Waals surface area contributed by atoms with Crippen molar-refractivity contribution in [3.8, 4) is 5.75 Å². The Morgan fingerprint density at radius 1 is 1.17 bits per heavy atom. The van der Waals surface area contributed by atoms with Crippen LogP contribution < -0.4 is 4.74 Å². The van der Waals surface area contributed by atoms with Crippen LogP contribution in [0.3, 0.4) is 0 Å². The molecule has 2 aliphatic rings. The van der Waals surface area contributed by atoms with Gasteiger partial charge in [0.25, 0.3) is 5.69 Å². The van der Waals surface area contributed by atoms with Crippen molar-refractivity contribution in [1.29, 1.82) is 0 Å². The van der Waals surface area contributed by atoms with Gasteiger partial charge in [-0.2, -0.15) is 0 Å². The van der Waals surface area contributed by atoms with Gasteiger partial charge < -0.3 is 9.47 Å². The molecule has 1 aliphatic carbocycles. The second-order valence-corrected chi connectivity index (χ2v) is 7.81. The summed E-state index contributed by atoms with van der Waals surface area (Å²) in [5.74, 6) is 0.253. The molecular formula is C21H21ClN2O5. The second-order valence-electron chi connectivity index (χ2n) is 7.38. The molecule has 1 unspecified atom stereocenters. The highest BCUT2D eigenvalue weighted by Crippen LogP contribution is 2.46. The van der Waals surface area contributed by atoms with Crippen LogP contribution in [0.2, 0.25) is 5.02 Å². The summed E-state index contributed by atoms with van der Waals surface area (Å²) in [4.78, 5) is 25.3. The minimum absolute atomic E-state index is 0.0603. The Morgan fingerprint density at radius 2 is 1.90 bits per heavy atom. The van der Waals surface area contributed by atoms with E-state index in [1.54, 1.807) is 11.0 Å². The van der Waals surface area contributed by atoms with Crippen molar-refractivity contribution in [3.63, 3.8) is 0 Å². The van der Waals surface area contributed by atoms with Crippen LogP contribution in [0.25, 0.3) is 0 Å². The van der Waals surface area contributed by atoms with Crippen LogP contribution in [-0.2, 0) is 4.74 Å². The summed E-state index contributed by atoms with van der Waals surface area (Å²) in [5.41, 5.74) is 0.138. The molecule has 1 amide bonds. The maximum absolute atomic E-state index is 13.2. The lowest BCUT2D eigenvalue weighted by Gasteiger charge is -2.41. The number of rotatable bonds is 3. The van der Waals surface area contributed by atoms with Crippen LogP contribution in [0.15, 0.2) is 48.5 Å². The van der Waals surface area contributed by atoms with Gasteiger partial charge in [0.1, 0.15) is 11.5 Å². The van der Waals surface area contributed by atoms with E-state index in [9.17, 15) is 14.9 Å². The van der Waals surface area contributed by atoms with Gasteiger partial charge in [0.2, 0.25) is 0 Å². The highest BCUT2D eigenvalue weighted by atomic mass is 35.5. The van der Waals surface area contributed by atoms with Gasteiger partial charge in [0.15, 0.2) is 0 Å². The number of nitrogens with zero attached hydrogens (tertiary/aromatic N) is 2. The Kier molecular flexibility index (Phi) is 5.43. The first kappa shape index (κ1) is 19.7. The summed E-state index contributed by atoms with van der Waals surface area (Å²) in [6.07, 6.45) is 4.03. The van der Waals surface area contributed by atoms with Crippen molar-refractivity contribution in [1.82, 2.24) is 4.90 Å². The van der Waals surface area contributed by atoms with Gasteiger partial charge in [-0.15, -0.1) is 0 Å². The van der Waals surface area contributed by atoms with Gasteiger partial charge in [-0.25, -0.2) is 4.79 Å². The lowest BCUT2D eigenvalue weighted by atomic mass is 9.90. The van der Waals surface area contributed by atoms with Crippen LogP contribution >= 0.6 is 11.6 Å². The van der Waals surface area contributed by atoms with Crippen LogP contribution in [-0.4, -0.2) is 28.2 Å². The highest BCUT2D eigenvalue weighted by molar-refractivity contribution is 6.30. The van der Waals surface area contributed by atoms with Crippen molar-refractivity contribution < 1.29 is 19.2 Å². The fraction of sp³-hybridized carbons (Fsp3) is 0.381. The second kappa shape index (κ2) is 8.00. The Morgan fingerprint density at radius 3 is 2.55 bits per heavy atom. The SMILES string of the molecule is O=C(Oc1ccc([N+](=O)[O-])cc1)N1C(c2cccc(Cl)c2)COC12CCCCC2. The molecule has 7 nitrogen and oxygen atoms in total. The first-order valence-electron chi connectivity index (χ1n) is 9.64. The van der Waals surface area contributed by atoms with E-state index >= 15 is 0 Å². The Labute approximate surface area is 173 Å². The molecule has 2 aromatic rings. The molecule has 1 heterocycles. The zero-order chi connectivity index (χ0) is 20.4. The number of hydrogen-bond acceptors (Lipinski definition) is 5. The van der Waals surface area contributed by atoms with Gasteiger partial charge in [-0.3, -0.25) is 15.0 Å². The van der Waals surface area contributed by atoms with Crippen LogP contribution in [0, 0.1) is 10.1 Å². The molecule has 0 radical (unpaired) electrons. The molecule has 4 rings (SSSR count). The number of nitro groups is 1. The quantitative estimate of drug-likeness (QED) is 0.488. The number of ether oxygens (including phenoxy) is 2. The summed E-state index contributed by atoms with van der Waals surface area (Å²) in [6.45, 7) is 0.371. The number of carbonyl (C=O) groups excluding carboxylic acids is 1. The van der Waals surface area contributed by atoms with E-state index in [1.807, 2.05) is 18.2 Å². The largest absolute Gasteiger partial charge is 0.418 e. The van der Waals surface area contributed by atoms with E-state index in [4.69, 9.17) is 21.1 Å². The van der Waals surface area contributed by atoms with E-state index in [0.717, 1.165) is 37.7 Å². The number of amides is 1. The number of hydrogen-bond donors (Lipinski definition) is 0. The van der Waals surface area contributed by atoms with Crippen molar-refractivity contribution in [3.05, 3.63) is 69.2 Å². The van der Waals surface area contributed by atoms with Crippen LogP contribution in [0.1, 0.15) is 43.7 Å². The number of non-ortho nitro benzene ring substituents is 1. The fourth-order valence-electron chi connectivity index (χ4n) is 4.19. The van der Waals surface area contributed by atoms with Crippen LogP contribution in [0.4, 0.5) is 10.5 Å². The molecule has 2 fully saturated rings. The molecule has 0 aromatic heterocycles. The third-order valence-corrected chi connectivity index (χ3v) is 5.81. The molecule has 2 aromatic carbocycles. The van der Waals surface area contributed by atoms with Crippen molar-refractivity contribution in [2.24, 2.45) is 0 Å². The normalized spacial score (nSPS) is 20.6. The minimum atomic E-state index is -0.691. The molecule has 1 saturated carbocycles. The third-order valence-electron chi connectivity index (χ3n) is 5.58. The van der Waals surface area contributed by atoms with Gasteiger partial charge in [0.05, 0.1) is 17.6 Å². The number of nitro benzene ring substituents is 1. The topological polar surface area (TPSA) is 81.9 Å². The van der Waals surface area contributed by atoms with Gasteiger partial charge in [-0.1, -0.05) is 30.2 Å². The third kappa shape index (κ3) is 3.93. The number of benzene rings is 2. The zero-order valence-electron chi connectivity index (χ0n) is 15.8. The highest BCUT2D eigenvalue weighted by Gasteiger charge is 2.52. The van der Waals surface area contributed by atoms with Crippen molar-refractivity contribution in [2.45, 2.75) is 43.9 Å². The summed E-state index contributed by atoms with van der Waals surface area (Å²) in [7, 11) is 0. The Balaban J connectivity index is 1.62. The summed E-state index contributed by atoms with van der Waals surface area (Å²) < 4.78 is 11.8. The predicted molar refractivity (Wildman–Crippen MR) is 107 cm³/mol. The molecule has 0 bridgehead atoms. The van der Waals surface area contributed by atoms with Crippen LogP contribution in [0.5, 0.6) is 5.75 Å². The van der Waals surface area contributed by atoms with E-state index in [-0.39, 0.29) is 17.5 Å². The lowest BCUT2D eigenvalue weighted by molar-refractivity contribution is -0.384.